The molecule has 0 saturated carbocycles. The van der Waals surface area contributed by atoms with Crippen molar-refractivity contribution in [3.05, 3.63) is 29.3 Å². The normalized spacial score (nSPS) is 14.3. The van der Waals surface area contributed by atoms with Crippen LogP contribution in [0.4, 0.5) is 5.69 Å². The quantitative estimate of drug-likeness (QED) is 0.807. The molecule has 0 aliphatic carbocycles. The Morgan fingerprint density at radius 1 is 1.44 bits per heavy atom. The number of fused-ring (bicyclic) bond motifs is 1. The van der Waals surface area contributed by atoms with Crippen LogP contribution in [0.15, 0.2) is 18.2 Å². The Hall–Kier alpha value is -1.49. The van der Waals surface area contributed by atoms with E-state index in [2.05, 4.69) is 17.9 Å². The Bertz CT molecular complexity index is 488. The molecule has 1 heterocycles. The molecule has 0 aromatic heterocycles. The van der Waals surface area contributed by atoms with Crippen molar-refractivity contribution in [1.82, 2.24) is 5.32 Å². The average Bonchev–Trinajstić information content (AvgIpc) is 2.40. The Morgan fingerprint density at radius 3 is 2.94 bits per heavy atom. The first-order chi connectivity index (χ1) is 8.63. The van der Waals surface area contributed by atoms with E-state index in [1.807, 2.05) is 6.07 Å². The predicted molar refractivity (Wildman–Crippen MR) is 74.4 cm³/mol. The topological polar surface area (TPSA) is 49.4 Å². The van der Waals surface area contributed by atoms with Crippen LogP contribution >= 0.6 is 12.6 Å². The van der Waals surface area contributed by atoms with Gasteiger partial charge in [-0.1, -0.05) is 6.07 Å². The fourth-order valence-corrected chi connectivity index (χ4v) is 2.16. The highest BCUT2D eigenvalue weighted by molar-refractivity contribution is 7.80. The van der Waals surface area contributed by atoms with Crippen LogP contribution in [0, 0.1) is 0 Å². The van der Waals surface area contributed by atoms with Gasteiger partial charge in [-0.15, -0.1) is 0 Å². The van der Waals surface area contributed by atoms with Crippen molar-refractivity contribution >= 4 is 30.1 Å². The molecule has 0 fully saturated rings. The van der Waals surface area contributed by atoms with Crippen LogP contribution in [0.2, 0.25) is 0 Å². The van der Waals surface area contributed by atoms with Crippen molar-refractivity contribution in [2.75, 3.05) is 24.2 Å². The second kappa shape index (κ2) is 5.44. The van der Waals surface area contributed by atoms with Crippen LogP contribution in [0.1, 0.15) is 22.3 Å². The minimum Gasteiger partial charge on any atom is -0.351 e. The third-order valence-corrected chi connectivity index (χ3v) is 3.31. The monoisotopic (exact) mass is 264 g/mol. The first-order valence-electron chi connectivity index (χ1n) is 5.92. The van der Waals surface area contributed by atoms with E-state index in [-0.39, 0.29) is 11.8 Å². The molecule has 0 unspecified atom stereocenters. The molecule has 0 atom stereocenters. The third-order valence-electron chi connectivity index (χ3n) is 3.09. The average molecular weight is 264 g/mol. The summed E-state index contributed by atoms with van der Waals surface area (Å²) in [5.74, 6) is 0.573. The van der Waals surface area contributed by atoms with Crippen LogP contribution < -0.4 is 10.2 Å². The Kier molecular flexibility index (Phi) is 3.91. The van der Waals surface area contributed by atoms with Crippen LogP contribution in [0.25, 0.3) is 0 Å². The number of anilines is 1. The van der Waals surface area contributed by atoms with Gasteiger partial charge in [0.05, 0.1) is 0 Å². The van der Waals surface area contributed by atoms with Gasteiger partial charge >= 0.3 is 0 Å². The van der Waals surface area contributed by atoms with Gasteiger partial charge in [0.15, 0.2) is 0 Å². The molecule has 1 aliphatic heterocycles. The number of thiol groups is 1. The van der Waals surface area contributed by atoms with E-state index in [0.717, 1.165) is 17.7 Å². The minimum atomic E-state index is -0.127. The van der Waals surface area contributed by atoms with Crippen molar-refractivity contribution in [2.45, 2.75) is 12.8 Å². The van der Waals surface area contributed by atoms with Crippen LogP contribution in [-0.4, -0.2) is 31.2 Å². The lowest BCUT2D eigenvalue weighted by Gasteiger charge is -2.26. The number of carbonyl (C=O) groups is 2. The maximum atomic E-state index is 11.8. The summed E-state index contributed by atoms with van der Waals surface area (Å²) >= 11 is 4.05. The summed E-state index contributed by atoms with van der Waals surface area (Å²) < 4.78 is 0. The number of amides is 2. The molecule has 4 nitrogen and oxygen atoms in total. The second-order valence-corrected chi connectivity index (χ2v) is 4.72. The summed E-state index contributed by atoms with van der Waals surface area (Å²) in [5.41, 5.74) is 2.53. The van der Waals surface area contributed by atoms with Crippen LogP contribution in [-0.2, 0) is 11.2 Å². The molecule has 1 N–H and O–H groups in total. The number of aryl methyl sites for hydroxylation is 1. The molecular formula is C13H16N2O2S. The zero-order chi connectivity index (χ0) is 13.1. The summed E-state index contributed by atoms with van der Waals surface area (Å²) in [4.78, 5) is 25.1. The van der Waals surface area contributed by atoms with Gasteiger partial charge in [0.1, 0.15) is 0 Å². The lowest BCUT2D eigenvalue weighted by atomic mass is 9.99. The fourth-order valence-electron chi connectivity index (χ4n) is 2.04. The van der Waals surface area contributed by atoms with Crippen LogP contribution in [0.3, 0.4) is 0 Å². The van der Waals surface area contributed by atoms with Crippen molar-refractivity contribution in [3.8, 4) is 0 Å². The van der Waals surface area contributed by atoms with Gasteiger partial charge < -0.3 is 10.2 Å². The standard InChI is InChI=1S/C13H16N2O2S/c1-15-11-8-10(13(17)14-6-7-18)3-2-9(11)4-5-12(15)16/h2-3,8,18H,4-7H2,1H3,(H,14,17). The number of rotatable bonds is 3. The first kappa shape index (κ1) is 13.0. The number of benzene rings is 1. The van der Waals surface area contributed by atoms with Gasteiger partial charge in [-0.2, -0.15) is 12.6 Å². The lowest BCUT2D eigenvalue weighted by Crippen LogP contribution is -2.32. The number of nitrogens with one attached hydrogen (secondary N) is 1. The number of carbonyl (C=O) groups excluding carboxylic acids is 2. The van der Waals surface area contributed by atoms with Crippen LogP contribution in [0.5, 0.6) is 0 Å². The highest BCUT2D eigenvalue weighted by atomic mass is 32.1. The minimum absolute atomic E-state index is 0.0930. The Labute approximate surface area is 112 Å². The highest BCUT2D eigenvalue weighted by Gasteiger charge is 2.21. The summed E-state index contributed by atoms with van der Waals surface area (Å²) in [6.45, 7) is 0.536. The number of nitrogens with zero attached hydrogens (tertiary/aromatic N) is 1. The molecular weight excluding hydrogens is 248 g/mol. The molecule has 2 amide bonds. The van der Waals surface area contributed by atoms with Gasteiger partial charge in [-0.3, -0.25) is 9.59 Å². The van der Waals surface area contributed by atoms with E-state index in [9.17, 15) is 9.59 Å². The molecule has 1 aromatic carbocycles. The summed E-state index contributed by atoms with van der Waals surface area (Å²) in [7, 11) is 1.75. The van der Waals surface area contributed by atoms with E-state index in [1.165, 1.54) is 0 Å². The molecule has 1 aromatic rings. The highest BCUT2D eigenvalue weighted by Crippen LogP contribution is 2.27. The molecule has 1 aliphatic rings. The molecule has 5 heteroatoms. The maximum absolute atomic E-state index is 11.8. The molecule has 0 spiro atoms. The summed E-state index contributed by atoms with van der Waals surface area (Å²) in [6.07, 6.45) is 1.28. The maximum Gasteiger partial charge on any atom is 0.251 e. The zero-order valence-corrected chi connectivity index (χ0v) is 11.2. The van der Waals surface area contributed by atoms with Gasteiger partial charge in [0, 0.05) is 37.0 Å². The predicted octanol–water partition coefficient (Wildman–Crippen LogP) is 1.26. The van der Waals surface area contributed by atoms with E-state index in [0.29, 0.717) is 24.3 Å². The number of hydrogen-bond donors (Lipinski definition) is 2. The SMILES string of the molecule is CN1C(=O)CCc2ccc(C(=O)NCCS)cc21. The smallest absolute Gasteiger partial charge is 0.251 e. The molecule has 96 valence electrons. The fraction of sp³-hybridized carbons (Fsp3) is 0.385. The van der Waals surface area contributed by atoms with Gasteiger partial charge in [-0.25, -0.2) is 0 Å². The molecule has 0 bridgehead atoms. The van der Waals surface area contributed by atoms with Gasteiger partial charge in [-0.05, 0) is 24.1 Å². The Morgan fingerprint density at radius 2 is 2.22 bits per heavy atom. The van der Waals surface area contributed by atoms with Crippen molar-refractivity contribution < 1.29 is 9.59 Å². The van der Waals surface area contributed by atoms with E-state index in [1.54, 1.807) is 24.1 Å². The van der Waals surface area contributed by atoms with E-state index < -0.39 is 0 Å². The molecule has 0 radical (unpaired) electrons. The first-order valence-corrected chi connectivity index (χ1v) is 6.55. The van der Waals surface area contributed by atoms with Crippen molar-refractivity contribution in [3.63, 3.8) is 0 Å². The Balaban J connectivity index is 2.26. The van der Waals surface area contributed by atoms with Crippen molar-refractivity contribution in [2.24, 2.45) is 0 Å². The summed E-state index contributed by atoms with van der Waals surface area (Å²) in [6, 6.07) is 5.50. The third kappa shape index (κ3) is 2.51. The van der Waals surface area contributed by atoms with Gasteiger partial charge in [0.2, 0.25) is 5.91 Å². The lowest BCUT2D eigenvalue weighted by molar-refractivity contribution is -0.118. The zero-order valence-electron chi connectivity index (χ0n) is 10.3. The van der Waals surface area contributed by atoms with E-state index >= 15 is 0 Å². The molecule has 0 saturated heterocycles. The van der Waals surface area contributed by atoms with Crippen molar-refractivity contribution in [1.29, 1.82) is 0 Å². The largest absolute Gasteiger partial charge is 0.351 e. The second-order valence-electron chi connectivity index (χ2n) is 4.28. The summed E-state index contributed by atoms with van der Waals surface area (Å²) in [5, 5.41) is 2.76. The van der Waals surface area contributed by atoms with E-state index in [4.69, 9.17) is 0 Å². The molecule has 18 heavy (non-hydrogen) atoms. The van der Waals surface area contributed by atoms with Gasteiger partial charge in [0.25, 0.3) is 5.91 Å². The molecule has 2 rings (SSSR count). The number of hydrogen-bond acceptors (Lipinski definition) is 3.